The van der Waals surface area contributed by atoms with E-state index in [0.717, 1.165) is 11.8 Å². The molecule has 6 heteroatoms. The molecule has 0 fully saturated rings. The minimum atomic E-state index is -0.483. The van der Waals surface area contributed by atoms with Crippen LogP contribution in [0.5, 0.6) is 0 Å². The molecular weight excluding hydrogens is 324 g/mol. The van der Waals surface area contributed by atoms with Crippen molar-refractivity contribution in [3.8, 4) is 11.8 Å². The number of nitro groups is 1. The fourth-order valence-electron chi connectivity index (χ4n) is 1.47. The van der Waals surface area contributed by atoms with Crippen molar-refractivity contribution in [3.05, 3.63) is 34.1 Å². The van der Waals surface area contributed by atoms with Gasteiger partial charge >= 0.3 is 0 Å². The molecular formula is C14H17BrN2O3. The second-order valence-electron chi connectivity index (χ2n) is 4.12. The maximum absolute atomic E-state index is 10.4. The highest BCUT2D eigenvalue weighted by molar-refractivity contribution is 9.09. The van der Waals surface area contributed by atoms with E-state index in [9.17, 15) is 10.1 Å². The quantitative estimate of drug-likeness (QED) is 0.239. The van der Waals surface area contributed by atoms with E-state index in [-0.39, 0.29) is 5.69 Å². The Morgan fingerprint density at radius 3 is 2.75 bits per heavy atom. The van der Waals surface area contributed by atoms with E-state index in [1.165, 1.54) is 37.6 Å². The topological polar surface area (TPSA) is 65.3 Å². The molecule has 0 saturated carbocycles. The van der Waals surface area contributed by atoms with Gasteiger partial charge < -0.3 is 4.74 Å². The molecule has 0 atom stereocenters. The molecule has 1 aromatic rings. The maximum Gasteiger partial charge on any atom is 0.287 e. The molecule has 0 aliphatic rings. The first-order chi connectivity index (χ1) is 9.74. The Labute approximate surface area is 127 Å². The number of unbranched alkanes of at least 4 members (excludes halogenated alkanes) is 3. The van der Waals surface area contributed by atoms with Crippen molar-refractivity contribution in [1.29, 1.82) is 0 Å². The predicted octanol–water partition coefficient (Wildman–Crippen LogP) is 3.31. The average molecular weight is 341 g/mol. The van der Waals surface area contributed by atoms with E-state index < -0.39 is 4.92 Å². The van der Waals surface area contributed by atoms with Gasteiger partial charge in [-0.1, -0.05) is 34.7 Å². The zero-order valence-electron chi connectivity index (χ0n) is 11.2. The van der Waals surface area contributed by atoms with Gasteiger partial charge in [-0.2, -0.15) is 0 Å². The van der Waals surface area contributed by atoms with E-state index in [1.807, 2.05) is 0 Å². The standard InChI is InChI=1S/C14H17BrN2O3/c15-9-3-1-2-4-10-20-11-5-6-13-7-8-14(12-16-13)17(18)19/h7-8,12H,1-4,9-11H2. The van der Waals surface area contributed by atoms with E-state index in [4.69, 9.17) is 4.74 Å². The highest BCUT2D eigenvalue weighted by atomic mass is 79.9. The first-order valence-electron chi connectivity index (χ1n) is 6.47. The van der Waals surface area contributed by atoms with Gasteiger partial charge in [-0.15, -0.1) is 0 Å². The van der Waals surface area contributed by atoms with Gasteiger partial charge in [-0.3, -0.25) is 10.1 Å². The van der Waals surface area contributed by atoms with Crippen LogP contribution in [0.3, 0.4) is 0 Å². The monoisotopic (exact) mass is 340 g/mol. The zero-order chi connectivity index (χ0) is 14.6. The molecule has 0 unspecified atom stereocenters. The lowest BCUT2D eigenvalue weighted by atomic mass is 10.2. The summed E-state index contributed by atoms with van der Waals surface area (Å²) in [5.74, 6) is 5.65. The summed E-state index contributed by atoms with van der Waals surface area (Å²) in [5, 5.41) is 11.5. The molecule has 0 aromatic carbocycles. The second kappa shape index (κ2) is 10.4. The van der Waals surface area contributed by atoms with Gasteiger partial charge in [0.25, 0.3) is 5.69 Å². The number of halogens is 1. The van der Waals surface area contributed by atoms with Crippen LogP contribution in [-0.2, 0) is 4.74 Å². The van der Waals surface area contributed by atoms with Crippen molar-refractivity contribution in [1.82, 2.24) is 4.98 Å². The molecule has 0 radical (unpaired) electrons. The lowest BCUT2D eigenvalue weighted by Crippen LogP contribution is -1.95. The van der Waals surface area contributed by atoms with Crippen molar-refractivity contribution >= 4 is 21.6 Å². The van der Waals surface area contributed by atoms with Gasteiger partial charge in [0.2, 0.25) is 0 Å². The number of pyridine rings is 1. The van der Waals surface area contributed by atoms with Gasteiger partial charge in [-0.05, 0) is 24.8 Å². The third-order valence-electron chi connectivity index (χ3n) is 2.52. The molecule has 5 nitrogen and oxygen atoms in total. The summed E-state index contributed by atoms with van der Waals surface area (Å²) in [6.07, 6.45) is 5.83. The van der Waals surface area contributed by atoms with Crippen LogP contribution in [0.4, 0.5) is 5.69 Å². The van der Waals surface area contributed by atoms with Crippen molar-refractivity contribution in [2.24, 2.45) is 0 Å². The highest BCUT2D eigenvalue weighted by Gasteiger charge is 2.03. The fraction of sp³-hybridized carbons (Fsp3) is 0.500. The van der Waals surface area contributed by atoms with Crippen LogP contribution >= 0.6 is 15.9 Å². The summed E-state index contributed by atoms with van der Waals surface area (Å²) in [7, 11) is 0. The van der Waals surface area contributed by atoms with Crippen molar-refractivity contribution in [2.45, 2.75) is 25.7 Å². The van der Waals surface area contributed by atoms with Crippen LogP contribution in [0.2, 0.25) is 0 Å². The zero-order valence-corrected chi connectivity index (χ0v) is 12.8. The molecule has 0 aliphatic carbocycles. The van der Waals surface area contributed by atoms with Crippen molar-refractivity contribution in [3.63, 3.8) is 0 Å². The summed E-state index contributed by atoms with van der Waals surface area (Å²) in [4.78, 5) is 13.9. The molecule has 1 heterocycles. The summed E-state index contributed by atoms with van der Waals surface area (Å²) < 4.78 is 5.38. The SMILES string of the molecule is O=[N+]([O-])c1ccc(C#CCOCCCCCCBr)nc1. The molecule has 1 rings (SSSR count). The van der Waals surface area contributed by atoms with Gasteiger partial charge in [0.15, 0.2) is 0 Å². The normalized spacial score (nSPS) is 9.85. The van der Waals surface area contributed by atoms with Gasteiger partial charge in [0.1, 0.15) is 18.5 Å². The minimum absolute atomic E-state index is 0.0321. The Morgan fingerprint density at radius 1 is 1.30 bits per heavy atom. The molecule has 0 spiro atoms. The Hall–Kier alpha value is -1.45. The van der Waals surface area contributed by atoms with E-state index in [2.05, 4.69) is 32.8 Å². The van der Waals surface area contributed by atoms with E-state index in [1.54, 1.807) is 0 Å². The lowest BCUT2D eigenvalue weighted by molar-refractivity contribution is -0.385. The molecule has 0 bridgehead atoms. The van der Waals surface area contributed by atoms with Crippen LogP contribution in [0.25, 0.3) is 0 Å². The van der Waals surface area contributed by atoms with Crippen LogP contribution in [0.1, 0.15) is 31.4 Å². The van der Waals surface area contributed by atoms with E-state index in [0.29, 0.717) is 18.9 Å². The smallest absolute Gasteiger partial charge is 0.287 e. The maximum atomic E-state index is 10.4. The van der Waals surface area contributed by atoms with Gasteiger partial charge in [0.05, 0.1) is 4.92 Å². The molecule has 0 N–H and O–H groups in total. The number of hydrogen-bond acceptors (Lipinski definition) is 4. The molecule has 0 aliphatic heterocycles. The molecule has 0 amide bonds. The van der Waals surface area contributed by atoms with Crippen molar-refractivity contribution in [2.75, 3.05) is 18.5 Å². The number of ether oxygens (including phenoxy) is 1. The number of hydrogen-bond donors (Lipinski definition) is 0. The van der Waals surface area contributed by atoms with Crippen LogP contribution in [-0.4, -0.2) is 28.5 Å². The first kappa shape index (κ1) is 16.6. The van der Waals surface area contributed by atoms with Crippen LogP contribution in [0, 0.1) is 22.0 Å². The molecule has 0 saturated heterocycles. The number of alkyl halides is 1. The summed E-state index contributed by atoms with van der Waals surface area (Å²) >= 11 is 3.39. The van der Waals surface area contributed by atoms with Crippen LogP contribution in [0.15, 0.2) is 18.3 Å². The molecule has 20 heavy (non-hydrogen) atoms. The summed E-state index contributed by atoms with van der Waals surface area (Å²) in [6.45, 7) is 1.07. The minimum Gasteiger partial charge on any atom is -0.369 e. The highest BCUT2D eigenvalue weighted by Crippen LogP contribution is 2.07. The van der Waals surface area contributed by atoms with Gasteiger partial charge in [0, 0.05) is 18.0 Å². The Balaban J connectivity index is 2.17. The van der Waals surface area contributed by atoms with Crippen molar-refractivity contribution < 1.29 is 9.66 Å². The predicted molar refractivity (Wildman–Crippen MR) is 80.9 cm³/mol. The third kappa shape index (κ3) is 7.22. The number of rotatable bonds is 8. The largest absolute Gasteiger partial charge is 0.369 e. The first-order valence-corrected chi connectivity index (χ1v) is 7.59. The Bertz CT molecular complexity index is 466. The van der Waals surface area contributed by atoms with Crippen LogP contribution < -0.4 is 0 Å². The average Bonchev–Trinajstić information content (AvgIpc) is 2.46. The fourth-order valence-corrected chi connectivity index (χ4v) is 1.87. The Morgan fingerprint density at radius 2 is 2.10 bits per heavy atom. The molecule has 108 valence electrons. The summed E-state index contributed by atoms with van der Waals surface area (Å²) in [6, 6.07) is 2.92. The number of nitrogens with zero attached hydrogens (tertiary/aromatic N) is 2. The second-order valence-corrected chi connectivity index (χ2v) is 4.91. The Kier molecular flexibility index (Phi) is 8.59. The number of aromatic nitrogens is 1. The van der Waals surface area contributed by atoms with E-state index >= 15 is 0 Å². The molecule has 1 aromatic heterocycles. The third-order valence-corrected chi connectivity index (χ3v) is 3.08. The summed E-state index contributed by atoms with van der Waals surface area (Å²) in [5.41, 5.74) is 0.479. The van der Waals surface area contributed by atoms with Gasteiger partial charge in [-0.25, -0.2) is 4.98 Å². The lowest BCUT2D eigenvalue weighted by Gasteiger charge is -1.99.